The summed E-state index contributed by atoms with van der Waals surface area (Å²) in [6.07, 6.45) is 3.08. The smallest absolute Gasteiger partial charge is 0.268 e. The minimum atomic E-state index is -0.610. The van der Waals surface area contributed by atoms with Crippen molar-refractivity contribution in [3.63, 3.8) is 0 Å². The zero-order chi connectivity index (χ0) is 10.4. The molecule has 0 radical (unpaired) electrons. The SMILES string of the molecule is N#CCCNc1cnc(C(N)=O)cn1. The van der Waals surface area contributed by atoms with Crippen molar-refractivity contribution in [2.75, 3.05) is 11.9 Å². The Morgan fingerprint density at radius 3 is 2.86 bits per heavy atom. The van der Waals surface area contributed by atoms with Gasteiger partial charge in [-0.2, -0.15) is 5.26 Å². The van der Waals surface area contributed by atoms with Gasteiger partial charge in [-0.3, -0.25) is 4.79 Å². The van der Waals surface area contributed by atoms with E-state index in [-0.39, 0.29) is 5.69 Å². The number of nitrogens with zero attached hydrogens (tertiary/aromatic N) is 3. The summed E-state index contributed by atoms with van der Waals surface area (Å²) in [6.45, 7) is 0.501. The molecule has 0 fully saturated rings. The lowest BCUT2D eigenvalue weighted by Gasteiger charge is -2.01. The molecule has 1 heterocycles. The maximum Gasteiger partial charge on any atom is 0.268 e. The molecule has 1 amide bonds. The first kappa shape index (κ1) is 9.92. The lowest BCUT2D eigenvalue weighted by atomic mass is 10.4. The third-order valence-electron chi connectivity index (χ3n) is 1.45. The Labute approximate surface area is 80.8 Å². The van der Waals surface area contributed by atoms with E-state index in [0.29, 0.717) is 18.8 Å². The van der Waals surface area contributed by atoms with Crippen molar-refractivity contribution in [1.29, 1.82) is 5.26 Å². The molecule has 0 unspecified atom stereocenters. The highest BCUT2D eigenvalue weighted by molar-refractivity contribution is 5.90. The fourth-order valence-corrected chi connectivity index (χ4v) is 0.793. The molecule has 72 valence electrons. The number of aromatic nitrogens is 2. The number of anilines is 1. The number of rotatable bonds is 4. The Balaban J connectivity index is 2.56. The van der Waals surface area contributed by atoms with E-state index in [1.54, 1.807) is 0 Å². The van der Waals surface area contributed by atoms with Crippen LogP contribution in [0.3, 0.4) is 0 Å². The molecule has 1 aromatic heterocycles. The van der Waals surface area contributed by atoms with Crippen LogP contribution in [0.4, 0.5) is 5.82 Å². The summed E-state index contributed by atoms with van der Waals surface area (Å²) in [7, 11) is 0. The molecule has 0 bridgehead atoms. The van der Waals surface area contributed by atoms with Crippen molar-refractivity contribution < 1.29 is 4.79 Å². The molecule has 0 spiro atoms. The second-order valence-electron chi connectivity index (χ2n) is 2.49. The number of amides is 1. The number of nitrogens with two attached hydrogens (primary N) is 1. The normalized spacial score (nSPS) is 9.07. The fraction of sp³-hybridized carbons (Fsp3) is 0.250. The lowest BCUT2D eigenvalue weighted by Crippen LogP contribution is -2.14. The molecule has 14 heavy (non-hydrogen) atoms. The summed E-state index contributed by atoms with van der Waals surface area (Å²) in [5.74, 6) is -0.0914. The summed E-state index contributed by atoms with van der Waals surface area (Å²) in [5, 5.41) is 11.1. The van der Waals surface area contributed by atoms with Crippen molar-refractivity contribution in [2.45, 2.75) is 6.42 Å². The molecular formula is C8H9N5O. The Bertz CT molecular complexity index is 353. The summed E-state index contributed by atoms with van der Waals surface area (Å²) in [4.78, 5) is 18.3. The second-order valence-corrected chi connectivity index (χ2v) is 2.49. The van der Waals surface area contributed by atoms with E-state index in [9.17, 15) is 4.79 Å². The van der Waals surface area contributed by atoms with Gasteiger partial charge in [0.1, 0.15) is 11.5 Å². The van der Waals surface area contributed by atoms with E-state index in [1.807, 2.05) is 6.07 Å². The number of nitrogens with one attached hydrogen (secondary N) is 1. The molecule has 0 aliphatic heterocycles. The van der Waals surface area contributed by atoms with Gasteiger partial charge in [0.2, 0.25) is 0 Å². The fourth-order valence-electron chi connectivity index (χ4n) is 0.793. The third-order valence-corrected chi connectivity index (χ3v) is 1.45. The highest BCUT2D eigenvalue weighted by Gasteiger charge is 2.01. The third kappa shape index (κ3) is 2.71. The van der Waals surface area contributed by atoms with E-state index in [2.05, 4.69) is 15.3 Å². The van der Waals surface area contributed by atoms with Crippen molar-refractivity contribution in [3.05, 3.63) is 18.1 Å². The molecule has 1 aromatic rings. The van der Waals surface area contributed by atoms with Gasteiger partial charge in [-0.05, 0) is 0 Å². The van der Waals surface area contributed by atoms with Crippen LogP contribution in [0.2, 0.25) is 0 Å². The number of hydrogen-bond donors (Lipinski definition) is 2. The molecule has 6 heteroatoms. The van der Waals surface area contributed by atoms with Gasteiger partial charge in [-0.1, -0.05) is 0 Å². The van der Waals surface area contributed by atoms with E-state index in [1.165, 1.54) is 12.4 Å². The minimum absolute atomic E-state index is 0.121. The number of nitriles is 1. The highest BCUT2D eigenvalue weighted by Crippen LogP contribution is 2.00. The topological polar surface area (TPSA) is 105 Å². The van der Waals surface area contributed by atoms with Gasteiger partial charge < -0.3 is 11.1 Å². The van der Waals surface area contributed by atoms with E-state index in [4.69, 9.17) is 11.0 Å². The maximum atomic E-state index is 10.6. The summed E-state index contributed by atoms with van der Waals surface area (Å²) in [6, 6.07) is 1.98. The summed E-state index contributed by atoms with van der Waals surface area (Å²) < 4.78 is 0. The Morgan fingerprint density at radius 1 is 1.57 bits per heavy atom. The number of primary amides is 1. The van der Waals surface area contributed by atoms with Crippen LogP contribution in [0.15, 0.2) is 12.4 Å². The van der Waals surface area contributed by atoms with Gasteiger partial charge in [0, 0.05) is 6.54 Å². The monoisotopic (exact) mass is 191 g/mol. The second kappa shape index (κ2) is 4.77. The minimum Gasteiger partial charge on any atom is -0.368 e. The van der Waals surface area contributed by atoms with Gasteiger partial charge >= 0.3 is 0 Å². The molecule has 0 atom stereocenters. The molecule has 0 saturated heterocycles. The van der Waals surface area contributed by atoms with Crippen molar-refractivity contribution in [2.24, 2.45) is 5.73 Å². The van der Waals surface area contributed by atoms with Crippen LogP contribution in [0.25, 0.3) is 0 Å². The van der Waals surface area contributed by atoms with Gasteiger partial charge in [-0.25, -0.2) is 9.97 Å². The summed E-state index contributed by atoms with van der Waals surface area (Å²) >= 11 is 0. The van der Waals surface area contributed by atoms with Gasteiger partial charge in [-0.15, -0.1) is 0 Å². The first-order chi connectivity index (χ1) is 6.74. The van der Waals surface area contributed by atoms with Crippen LogP contribution >= 0.6 is 0 Å². The van der Waals surface area contributed by atoms with Gasteiger partial charge in [0.05, 0.1) is 24.9 Å². The first-order valence-corrected chi connectivity index (χ1v) is 3.96. The molecule has 0 aliphatic rings. The predicted molar refractivity (Wildman–Crippen MR) is 49.3 cm³/mol. The van der Waals surface area contributed by atoms with E-state index < -0.39 is 5.91 Å². The predicted octanol–water partition coefficient (Wildman–Crippen LogP) is -0.0989. The van der Waals surface area contributed by atoms with Crippen LogP contribution in [-0.4, -0.2) is 22.4 Å². The Morgan fingerprint density at radius 2 is 2.36 bits per heavy atom. The van der Waals surface area contributed by atoms with Crippen molar-refractivity contribution in [1.82, 2.24) is 9.97 Å². The standard InChI is InChI=1S/C8H9N5O/c9-2-1-3-11-7-5-12-6(4-13-7)8(10)14/h4-5H,1,3H2,(H2,10,14)(H,11,13). The molecule has 3 N–H and O–H groups in total. The van der Waals surface area contributed by atoms with Crippen LogP contribution in [0, 0.1) is 11.3 Å². The molecule has 6 nitrogen and oxygen atoms in total. The quantitative estimate of drug-likeness (QED) is 0.646. The molecule has 0 saturated carbocycles. The largest absolute Gasteiger partial charge is 0.368 e. The number of carbonyl (C=O) groups excluding carboxylic acids is 1. The van der Waals surface area contributed by atoms with Crippen LogP contribution < -0.4 is 11.1 Å². The highest BCUT2D eigenvalue weighted by atomic mass is 16.1. The Kier molecular flexibility index (Phi) is 3.38. The molecule has 0 aliphatic carbocycles. The zero-order valence-corrected chi connectivity index (χ0v) is 7.40. The van der Waals surface area contributed by atoms with Crippen molar-refractivity contribution in [3.8, 4) is 6.07 Å². The maximum absolute atomic E-state index is 10.6. The van der Waals surface area contributed by atoms with E-state index in [0.717, 1.165) is 0 Å². The average molecular weight is 191 g/mol. The first-order valence-electron chi connectivity index (χ1n) is 3.96. The van der Waals surface area contributed by atoms with Gasteiger partial charge in [0.15, 0.2) is 0 Å². The lowest BCUT2D eigenvalue weighted by molar-refractivity contribution is 0.0995. The van der Waals surface area contributed by atoms with Crippen LogP contribution in [0.5, 0.6) is 0 Å². The molecule has 0 aromatic carbocycles. The number of hydrogen-bond acceptors (Lipinski definition) is 5. The van der Waals surface area contributed by atoms with Crippen LogP contribution in [0.1, 0.15) is 16.9 Å². The zero-order valence-electron chi connectivity index (χ0n) is 7.40. The molecular weight excluding hydrogens is 182 g/mol. The molecule has 1 rings (SSSR count). The number of carbonyl (C=O) groups is 1. The average Bonchev–Trinajstić information content (AvgIpc) is 2.19. The Hall–Kier alpha value is -2.16. The van der Waals surface area contributed by atoms with Gasteiger partial charge in [0.25, 0.3) is 5.91 Å². The summed E-state index contributed by atoms with van der Waals surface area (Å²) in [5.41, 5.74) is 5.10. The van der Waals surface area contributed by atoms with E-state index >= 15 is 0 Å². The van der Waals surface area contributed by atoms with Crippen LogP contribution in [-0.2, 0) is 0 Å². The van der Waals surface area contributed by atoms with Crippen molar-refractivity contribution >= 4 is 11.7 Å².